The van der Waals surface area contributed by atoms with E-state index in [1.165, 1.54) is 12.3 Å². The van der Waals surface area contributed by atoms with E-state index in [0.29, 0.717) is 11.1 Å². The monoisotopic (exact) mass is 246 g/mol. The van der Waals surface area contributed by atoms with Gasteiger partial charge in [-0.1, -0.05) is 19.1 Å². The number of rotatable bonds is 4. The molecule has 0 atom stereocenters. The first kappa shape index (κ1) is 12.5. The quantitative estimate of drug-likeness (QED) is 0.777. The highest BCUT2D eigenvalue weighted by atomic mass is 19.1. The van der Waals surface area contributed by atoms with Crippen LogP contribution in [-0.2, 0) is 6.54 Å². The van der Waals surface area contributed by atoms with E-state index in [1.54, 1.807) is 29.9 Å². The lowest BCUT2D eigenvalue weighted by atomic mass is 10.0. The van der Waals surface area contributed by atoms with Gasteiger partial charge in [0.25, 0.3) is 0 Å². The van der Waals surface area contributed by atoms with Crippen LogP contribution in [0.4, 0.5) is 4.39 Å². The maximum absolute atomic E-state index is 13.8. The number of ketones is 1. The van der Waals surface area contributed by atoms with Gasteiger partial charge in [-0.3, -0.25) is 9.48 Å². The molecule has 18 heavy (non-hydrogen) atoms. The molecule has 3 nitrogen and oxygen atoms in total. The summed E-state index contributed by atoms with van der Waals surface area (Å²) in [6.45, 7) is 4.43. The molecule has 0 amide bonds. The van der Waals surface area contributed by atoms with Crippen LogP contribution in [0.1, 0.15) is 34.8 Å². The van der Waals surface area contributed by atoms with Gasteiger partial charge in [-0.25, -0.2) is 4.39 Å². The number of aryl methyl sites for hydroxylation is 2. The maximum atomic E-state index is 13.8. The van der Waals surface area contributed by atoms with E-state index in [9.17, 15) is 9.18 Å². The molecule has 0 aliphatic carbocycles. The van der Waals surface area contributed by atoms with Crippen molar-refractivity contribution < 1.29 is 9.18 Å². The third kappa shape index (κ3) is 2.32. The SMILES string of the molecule is CCCn1cc(C(=O)c2cccc(C)c2F)cn1. The van der Waals surface area contributed by atoms with E-state index < -0.39 is 5.82 Å². The van der Waals surface area contributed by atoms with Gasteiger partial charge < -0.3 is 0 Å². The van der Waals surface area contributed by atoms with Crippen molar-refractivity contribution in [1.29, 1.82) is 0 Å². The Morgan fingerprint density at radius 1 is 1.44 bits per heavy atom. The number of benzene rings is 1. The minimum Gasteiger partial charge on any atom is -0.288 e. The van der Waals surface area contributed by atoms with E-state index in [4.69, 9.17) is 0 Å². The lowest BCUT2D eigenvalue weighted by Crippen LogP contribution is -2.04. The number of halogens is 1. The molecule has 1 heterocycles. The van der Waals surface area contributed by atoms with Crippen molar-refractivity contribution in [2.24, 2.45) is 0 Å². The van der Waals surface area contributed by atoms with Gasteiger partial charge in [-0.15, -0.1) is 0 Å². The second-order valence-electron chi connectivity index (χ2n) is 4.26. The van der Waals surface area contributed by atoms with Crippen molar-refractivity contribution >= 4 is 5.78 Å². The number of carbonyl (C=O) groups is 1. The molecular weight excluding hydrogens is 231 g/mol. The van der Waals surface area contributed by atoms with Gasteiger partial charge in [0, 0.05) is 12.7 Å². The average Bonchev–Trinajstić information content (AvgIpc) is 2.81. The summed E-state index contributed by atoms with van der Waals surface area (Å²) in [6, 6.07) is 4.83. The number of carbonyl (C=O) groups excluding carboxylic acids is 1. The highest BCUT2D eigenvalue weighted by Crippen LogP contribution is 2.16. The molecule has 0 saturated heterocycles. The third-order valence-electron chi connectivity index (χ3n) is 2.78. The predicted molar refractivity (Wildman–Crippen MR) is 67.1 cm³/mol. The Labute approximate surface area is 105 Å². The summed E-state index contributed by atoms with van der Waals surface area (Å²) in [5.41, 5.74) is 1.00. The Bertz CT molecular complexity index is 575. The van der Waals surface area contributed by atoms with E-state index in [2.05, 4.69) is 5.10 Å². The molecule has 4 heteroatoms. The summed E-state index contributed by atoms with van der Waals surface area (Å²) >= 11 is 0. The predicted octanol–water partition coefficient (Wildman–Crippen LogP) is 2.97. The highest BCUT2D eigenvalue weighted by molar-refractivity contribution is 6.08. The average molecular weight is 246 g/mol. The molecule has 0 radical (unpaired) electrons. The standard InChI is InChI=1S/C14H15FN2O/c1-3-7-17-9-11(8-16-17)14(18)12-6-4-5-10(2)13(12)15/h4-6,8-9H,3,7H2,1-2H3. The highest BCUT2D eigenvalue weighted by Gasteiger charge is 2.16. The Morgan fingerprint density at radius 3 is 2.94 bits per heavy atom. The van der Waals surface area contributed by atoms with Crippen LogP contribution in [-0.4, -0.2) is 15.6 Å². The van der Waals surface area contributed by atoms with Crippen LogP contribution in [0.25, 0.3) is 0 Å². The maximum Gasteiger partial charge on any atom is 0.199 e. The third-order valence-corrected chi connectivity index (χ3v) is 2.78. The Kier molecular flexibility index (Phi) is 3.55. The molecule has 0 spiro atoms. The van der Waals surface area contributed by atoms with Crippen molar-refractivity contribution in [2.75, 3.05) is 0 Å². The summed E-state index contributed by atoms with van der Waals surface area (Å²) in [5.74, 6) is -0.774. The summed E-state index contributed by atoms with van der Waals surface area (Å²) in [7, 11) is 0. The largest absolute Gasteiger partial charge is 0.288 e. The first-order valence-corrected chi connectivity index (χ1v) is 5.95. The van der Waals surface area contributed by atoms with Crippen molar-refractivity contribution in [3.05, 3.63) is 53.1 Å². The van der Waals surface area contributed by atoms with Gasteiger partial charge >= 0.3 is 0 Å². The van der Waals surface area contributed by atoms with Crippen LogP contribution in [0.5, 0.6) is 0 Å². The van der Waals surface area contributed by atoms with Crippen LogP contribution in [0, 0.1) is 12.7 Å². The van der Waals surface area contributed by atoms with Crippen molar-refractivity contribution in [3.63, 3.8) is 0 Å². The molecule has 0 aliphatic rings. The van der Waals surface area contributed by atoms with Gasteiger partial charge in [0.2, 0.25) is 0 Å². The molecule has 0 saturated carbocycles. The summed E-state index contributed by atoms with van der Waals surface area (Å²) in [5, 5.41) is 4.08. The molecule has 0 N–H and O–H groups in total. The number of hydrogen-bond acceptors (Lipinski definition) is 2. The van der Waals surface area contributed by atoms with Crippen molar-refractivity contribution in [2.45, 2.75) is 26.8 Å². The van der Waals surface area contributed by atoms with Crippen LogP contribution in [0.2, 0.25) is 0 Å². The van der Waals surface area contributed by atoms with E-state index in [0.717, 1.165) is 13.0 Å². The molecule has 94 valence electrons. The second kappa shape index (κ2) is 5.12. The number of aromatic nitrogens is 2. The smallest absolute Gasteiger partial charge is 0.199 e. The molecule has 0 unspecified atom stereocenters. The fraction of sp³-hybridized carbons (Fsp3) is 0.286. The summed E-state index contributed by atoms with van der Waals surface area (Å²) in [4.78, 5) is 12.1. The number of hydrogen-bond donors (Lipinski definition) is 0. The van der Waals surface area contributed by atoms with Crippen LogP contribution in [0.3, 0.4) is 0 Å². The van der Waals surface area contributed by atoms with E-state index in [1.807, 2.05) is 6.92 Å². The zero-order chi connectivity index (χ0) is 13.1. The first-order chi connectivity index (χ1) is 8.63. The normalized spacial score (nSPS) is 10.6. The molecule has 2 aromatic rings. The van der Waals surface area contributed by atoms with E-state index in [-0.39, 0.29) is 11.3 Å². The van der Waals surface area contributed by atoms with Crippen LogP contribution < -0.4 is 0 Å². The first-order valence-electron chi connectivity index (χ1n) is 5.95. The van der Waals surface area contributed by atoms with Crippen LogP contribution >= 0.6 is 0 Å². The Balaban J connectivity index is 2.32. The zero-order valence-corrected chi connectivity index (χ0v) is 10.5. The lowest BCUT2D eigenvalue weighted by molar-refractivity contribution is 0.103. The second-order valence-corrected chi connectivity index (χ2v) is 4.26. The molecule has 1 aromatic carbocycles. The lowest BCUT2D eigenvalue weighted by Gasteiger charge is -2.02. The van der Waals surface area contributed by atoms with E-state index >= 15 is 0 Å². The fourth-order valence-electron chi connectivity index (χ4n) is 1.81. The number of nitrogens with zero attached hydrogens (tertiary/aromatic N) is 2. The Morgan fingerprint density at radius 2 is 2.22 bits per heavy atom. The Hall–Kier alpha value is -1.97. The fourth-order valence-corrected chi connectivity index (χ4v) is 1.81. The van der Waals surface area contributed by atoms with Gasteiger partial charge in [0.05, 0.1) is 17.3 Å². The molecular formula is C14H15FN2O. The van der Waals surface area contributed by atoms with Crippen LogP contribution in [0.15, 0.2) is 30.6 Å². The molecule has 0 bridgehead atoms. The molecule has 0 aliphatic heterocycles. The summed E-state index contributed by atoms with van der Waals surface area (Å²) < 4.78 is 15.5. The van der Waals surface area contributed by atoms with Gasteiger partial charge in [-0.2, -0.15) is 5.10 Å². The molecule has 0 fully saturated rings. The van der Waals surface area contributed by atoms with Gasteiger partial charge in [-0.05, 0) is 25.0 Å². The van der Waals surface area contributed by atoms with Gasteiger partial charge in [0.15, 0.2) is 5.78 Å². The molecule has 1 aromatic heterocycles. The minimum atomic E-state index is -0.453. The zero-order valence-electron chi connectivity index (χ0n) is 10.5. The minimum absolute atomic E-state index is 0.103. The topological polar surface area (TPSA) is 34.9 Å². The molecule has 2 rings (SSSR count). The van der Waals surface area contributed by atoms with Crippen molar-refractivity contribution in [1.82, 2.24) is 9.78 Å². The summed E-state index contributed by atoms with van der Waals surface area (Å²) in [6.07, 6.45) is 4.08. The van der Waals surface area contributed by atoms with Gasteiger partial charge in [0.1, 0.15) is 5.82 Å². The van der Waals surface area contributed by atoms with Crippen molar-refractivity contribution in [3.8, 4) is 0 Å².